The summed E-state index contributed by atoms with van der Waals surface area (Å²) < 4.78 is 22.1. The van der Waals surface area contributed by atoms with Crippen molar-refractivity contribution in [2.24, 2.45) is 4.99 Å². The van der Waals surface area contributed by atoms with Crippen molar-refractivity contribution in [3.63, 3.8) is 0 Å². The van der Waals surface area contributed by atoms with Gasteiger partial charge in [0.05, 0.1) is 25.0 Å². The van der Waals surface area contributed by atoms with Crippen molar-refractivity contribution >= 4 is 5.96 Å². The topological polar surface area (TPSA) is 80.3 Å². The maximum atomic E-state index is 14.6. The van der Waals surface area contributed by atoms with Crippen LogP contribution in [-0.4, -0.2) is 27.0 Å². The highest BCUT2D eigenvalue weighted by Crippen LogP contribution is 2.22. The Morgan fingerprint density at radius 3 is 2.63 bits per heavy atom. The standard InChI is InChI=1S/C22H29FN6O/c1-6-24-21(28-14-20-26-13-19(30-20)22(3,4)5)27-12-16-7-8-18(17(23)11-16)29-10-9-25-15(29)2/h7-11,13H,6,12,14H2,1-5H3,(H2,24,27,28). The molecule has 7 nitrogen and oxygen atoms in total. The van der Waals surface area contributed by atoms with Gasteiger partial charge in [0.25, 0.3) is 0 Å². The Morgan fingerprint density at radius 1 is 1.23 bits per heavy atom. The highest BCUT2D eigenvalue weighted by molar-refractivity contribution is 5.79. The van der Waals surface area contributed by atoms with Crippen LogP contribution in [0.4, 0.5) is 4.39 Å². The molecule has 0 saturated heterocycles. The second-order valence-electron chi connectivity index (χ2n) is 8.05. The van der Waals surface area contributed by atoms with Gasteiger partial charge in [0.15, 0.2) is 5.96 Å². The quantitative estimate of drug-likeness (QED) is 0.475. The number of nitrogens with zero attached hydrogens (tertiary/aromatic N) is 4. The van der Waals surface area contributed by atoms with E-state index in [1.165, 1.54) is 6.07 Å². The molecule has 0 bridgehead atoms. The third kappa shape index (κ3) is 5.25. The smallest absolute Gasteiger partial charge is 0.213 e. The number of aryl methyl sites for hydroxylation is 1. The maximum absolute atomic E-state index is 14.6. The summed E-state index contributed by atoms with van der Waals surface area (Å²) >= 11 is 0. The van der Waals surface area contributed by atoms with Gasteiger partial charge in [0, 0.05) is 24.4 Å². The average molecular weight is 413 g/mol. The molecule has 0 spiro atoms. The SMILES string of the molecule is CCNC(=NCc1ccc(-n2ccnc2C)c(F)c1)NCc1ncc(C(C)(C)C)o1. The Bertz CT molecular complexity index is 1010. The molecule has 2 aromatic heterocycles. The summed E-state index contributed by atoms with van der Waals surface area (Å²) in [6.07, 6.45) is 5.15. The van der Waals surface area contributed by atoms with Gasteiger partial charge in [0.2, 0.25) is 5.89 Å². The van der Waals surface area contributed by atoms with Crippen LogP contribution in [0.25, 0.3) is 5.69 Å². The molecule has 160 valence electrons. The minimum Gasteiger partial charge on any atom is -0.443 e. The molecule has 0 atom stereocenters. The summed E-state index contributed by atoms with van der Waals surface area (Å²) in [6, 6.07) is 5.12. The molecule has 0 radical (unpaired) electrons. The molecule has 0 aliphatic carbocycles. The first-order valence-corrected chi connectivity index (χ1v) is 10.0. The lowest BCUT2D eigenvalue weighted by Gasteiger charge is -2.13. The number of rotatable bonds is 6. The van der Waals surface area contributed by atoms with Gasteiger partial charge in [-0.05, 0) is 31.5 Å². The second-order valence-corrected chi connectivity index (χ2v) is 8.05. The lowest BCUT2D eigenvalue weighted by molar-refractivity contribution is 0.379. The number of hydrogen-bond donors (Lipinski definition) is 2. The number of benzene rings is 1. The van der Waals surface area contributed by atoms with Gasteiger partial charge in [0.1, 0.15) is 17.4 Å². The zero-order valence-electron chi connectivity index (χ0n) is 18.2. The lowest BCUT2D eigenvalue weighted by Crippen LogP contribution is -2.36. The van der Waals surface area contributed by atoms with Crippen LogP contribution in [0, 0.1) is 12.7 Å². The van der Waals surface area contributed by atoms with Crippen molar-refractivity contribution < 1.29 is 8.81 Å². The van der Waals surface area contributed by atoms with E-state index < -0.39 is 0 Å². The molecule has 3 aromatic rings. The Kier molecular flexibility index (Phi) is 6.54. The number of imidazole rings is 1. The summed E-state index contributed by atoms with van der Waals surface area (Å²) in [6.45, 7) is 11.5. The number of nitrogens with one attached hydrogen (secondary N) is 2. The molecule has 0 unspecified atom stereocenters. The molecular weight excluding hydrogens is 383 g/mol. The average Bonchev–Trinajstić information content (AvgIpc) is 3.33. The van der Waals surface area contributed by atoms with Gasteiger partial charge in [-0.1, -0.05) is 26.8 Å². The maximum Gasteiger partial charge on any atom is 0.213 e. The summed E-state index contributed by atoms with van der Waals surface area (Å²) in [5, 5.41) is 6.38. The van der Waals surface area contributed by atoms with E-state index in [0.717, 1.165) is 17.1 Å². The van der Waals surface area contributed by atoms with Gasteiger partial charge < -0.3 is 19.6 Å². The third-order valence-electron chi connectivity index (χ3n) is 4.56. The highest BCUT2D eigenvalue weighted by atomic mass is 19.1. The summed E-state index contributed by atoms with van der Waals surface area (Å²) in [5.74, 6) is 2.47. The number of aliphatic imine (C=N–C) groups is 1. The fraction of sp³-hybridized carbons (Fsp3) is 0.409. The van der Waals surface area contributed by atoms with Crippen molar-refractivity contribution in [2.75, 3.05) is 6.54 Å². The lowest BCUT2D eigenvalue weighted by atomic mass is 9.94. The number of hydrogen-bond acceptors (Lipinski definition) is 4. The Morgan fingerprint density at radius 2 is 2.03 bits per heavy atom. The van der Waals surface area contributed by atoms with Gasteiger partial charge in [-0.3, -0.25) is 0 Å². The summed E-state index contributed by atoms with van der Waals surface area (Å²) in [5.41, 5.74) is 1.16. The molecule has 1 aromatic carbocycles. The van der Waals surface area contributed by atoms with Crippen LogP contribution >= 0.6 is 0 Å². The zero-order chi connectivity index (χ0) is 21.7. The second kappa shape index (κ2) is 9.11. The normalized spacial score (nSPS) is 12.3. The van der Waals surface area contributed by atoms with Crippen molar-refractivity contribution in [1.82, 2.24) is 25.2 Å². The van der Waals surface area contributed by atoms with Crippen LogP contribution < -0.4 is 10.6 Å². The first-order chi connectivity index (χ1) is 14.3. The first-order valence-electron chi connectivity index (χ1n) is 10.0. The summed E-state index contributed by atoms with van der Waals surface area (Å²) in [4.78, 5) is 13.0. The van der Waals surface area contributed by atoms with Gasteiger partial charge in [-0.25, -0.2) is 19.4 Å². The van der Waals surface area contributed by atoms with Crippen LogP contribution in [0.15, 0.2) is 46.2 Å². The van der Waals surface area contributed by atoms with E-state index in [2.05, 4.69) is 46.4 Å². The van der Waals surface area contributed by atoms with Crippen LogP contribution in [0.1, 0.15) is 50.7 Å². The minimum absolute atomic E-state index is 0.0880. The van der Waals surface area contributed by atoms with E-state index >= 15 is 0 Å². The van der Waals surface area contributed by atoms with Gasteiger partial charge in [-0.2, -0.15) is 0 Å². The van der Waals surface area contributed by atoms with Crippen molar-refractivity contribution in [3.05, 3.63) is 65.6 Å². The van der Waals surface area contributed by atoms with Gasteiger partial charge in [-0.15, -0.1) is 0 Å². The predicted octanol–water partition coefficient (Wildman–Crippen LogP) is 3.86. The molecule has 0 aliphatic rings. The Balaban J connectivity index is 1.66. The van der Waals surface area contributed by atoms with E-state index in [4.69, 9.17) is 4.42 Å². The van der Waals surface area contributed by atoms with Gasteiger partial charge >= 0.3 is 0 Å². The van der Waals surface area contributed by atoms with E-state index in [1.807, 2.05) is 19.9 Å². The summed E-state index contributed by atoms with van der Waals surface area (Å²) in [7, 11) is 0. The van der Waals surface area contributed by atoms with E-state index in [0.29, 0.717) is 37.2 Å². The molecule has 0 fully saturated rings. The number of halogens is 1. The predicted molar refractivity (Wildman–Crippen MR) is 115 cm³/mol. The third-order valence-corrected chi connectivity index (χ3v) is 4.56. The van der Waals surface area contributed by atoms with Crippen molar-refractivity contribution in [1.29, 1.82) is 0 Å². The van der Waals surface area contributed by atoms with Crippen LogP contribution in [0.3, 0.4) is 0 Å². The van der Waals surface area contributed by atoms with Crippen LogP contribution in [-0.2, 0) is 18.5 Å². The first kappa shape index (κ1) is 21.5. The minimum atomic E-state index is -0.309. The Labute approximate surface area is 176 Å². The highest BCUT2D eigenvalue weighted by Gasteiger charge is 2.19. The van der Waals surface area contributed by atoms with E-state index in [1.54, 1.807) is 29.2 Å². The molecule has 3 rings (SSSR count). The molecule has 8 heteroatoms. The molecule has 30 heavy (non-hydrogen) atoms. The van der Waals surface area contributed by atoms with Crippen LogP contribution in [0.2, 0.25) is 0 Å². The largest absolute Gasteiger partial charge is 0.443 e. The molecular formula is C22H29FN6O. The Hall–Kier alpha value is -3.16. The molecule has 2 N–H and O–H groups in total. The zero-order valence-corrected chi connectivity index (χ0v) is 18.2. The molecule has 2 heterocycles. The molecule has 0 amide bonds. The fourth-order valence-corrected chi connectivity index (χ4v) is 2.89. The van der Waals surface area contributed by atoms with Crippen molar-refractivity contribution in [3.8, 4) is 5.69 Å². The van der Waals surface area contributed by atoms with E-state index in [9.17, 15) is 4.39 Å². The van der Waals surface area contributed by atoms with Crippen molar-refractivity contribution in [2.45, 2.75) is 53.1 Å². The fourth-order valence-electron chi connectivity index (χ4n) is 2.89. The number of guanidine groups is 1. The monoisotopic (exact) mass is 412 g/mol. The number of oxazole rings is 1. The number of aromatic nitrogens is 3. The molecule has 0 saturated carbocycles. The molecule has 0 aliphatic heterocycles. The van der Waals surface area contributed by atoms with E-state index in [-0.39, 0.29) is 11.2 Å². The van der Waals surface area contributed by atoms with Crippen LogP contribution in [0.5, 0.6) is 0 Å².